The number of amides is 3. The van der Waals surface area contributed by atoms with Gasteiger partial charge in [0.25, 0.3) is 17.7 Å². The number of nitrogens with zero attached hydrogens (tertiary/aromatic N) is 1. The summed E-state index contributed by atoms with van der Waals surface area (Å²) in [5.41, 5.74) is 0.839. The fourth-order valence-electron chi connectivity index (χ4n) is 3.17. The number of carbonyl (C=O) groups excluding carboxylic acids is 4. The van der Waals surface area contributed by atoms with Gasteiger partial charge in [-0.2, -0.15) is 11.8 Å². The van der Waals surface area contributed by atoms with Crippen LogP contribution in [0.15, 0.2) is 42.5 Å². The van der Waals surface area contributed by atoms with Crippen LogP contribution in [-0.4, -0.2) is 59.8 Å². The van der Waals surface area contributed by atoms with Crippen molar-refractivity contribution in [1.82, 2.24) is 10.2 Å². The summed E-state index contributed by atoms with van der Waals surface area (Å²) in [4.78, 5) is 51.1. The Morgan fingerprint density at radius 2 is 1.75 bits per heavy atom. The summed E-state index contributed by atoms with van der Waals surface area (Å²) in [6, 6.07) is 10.0. The maximum absolute atomic E-state index is 12.6. The van der Waals surface area contributed by atoms with Crippen LogP contribution in [0.2, 0.25) is 10.0 Å². The molecule has 2 aromatic carbocycles. The third-order valence-electron chi connectivity index (χ3n) is 4.81. The maximum Gasteiger partial charge on any atom is 0.328 e. The molecule has 0 unspecified atom stereocenters. The molecule has 32 heavy (non-hydrogen) atoms. The zero-order chi connectivity index (χ0) is 23.3. The van der Waals surface area contributed by atoms with Gasteiger partial charge in [0.15, 0.2) is 0 Å². The fourth-order valence-corrected chi connectivity index (χ4v) is 4.14. The molecule has 3 amide bonds. The van der Waals surface area contributed by atoms with E-state index in [0.717, 1.165) is 4.90 Å². The first-order valence-corrected chi connectivity index (χ1v) is 11.8. The Morgan fingerprint density at radius 1 is 1.09 bits per heavy atom. The van der Waals surface area contributed by atoms with Gasteiger partial charge in [0.05, 0.1) is 28.3 Å². The molecule has 168 valence electrons. The lowest BCUT2D eigenvalue weighted by atomic mass is 10.1. The summed E-state index contributed by atoms with van der Waals surface area (Å²) in [5.74, 6) is -1.44. The van der Waals surface area contributed by atoms with Crippen LogP contribution in [0.3, 0.4) is 0 Å². The predicted octanol–water partition coefficient (Wildman–Crippen LogP) is 3.68. The van der Waals surface area contributed by atoms with Gasteiger partial charge in [-0.05, 0) is 48.8 Å². The van der Waals surface area contributed by atoms with Crippen molar-refractivity contribution in [2.75, 3.05) is 25.2 Å². The molecule has 1 aliphatic rings. The normalized spacial score (nSPS) is 13.7. The van der Waals surface area contributed by atoms with Crippen LogP contribution in [0, 0.1) is 0 Å². The van der Waals surface area contributed by atoms with Gasteiger partial charge in [0.1, 0.15) is 12.6 Å². The minimum absolute atomic E-state index is 0.0791. The molecule has 1 aliphatic heterocycles. The first-order chi connectivity index (χ1) is 15.3. The molecule has 0 saturated carbocycles. The van der Waals surface area contributed by atoms with Crippen molar-refractivity contribution in [3.05, 3.63) is 69.2 Å². The van der Waals surface area contributed by atoms with Gasteiger partial charge in [-0.25, -0.2) is 4.79 Å². The van der Waals surface area contributed by atoms with Crippen LogP contribution in [0.4, 0.5) is 0 Å². The first kappa shape index (κ1) is 24.1. The van der Waals surface area contributed by atoms with E-state index in [9.17, 15) is 19.2 Å². The van der Waals surface area contributed by atoms with E-state index in [1.54, 1.807) is 24.3 Å². The fraction of sp³-hybridized carbons (Fsp3) is 0.273. The first-order valence-electron chi connectivity index (χ1n) is 9.70. The van der Waals surface area contributed by atoms with Gasteiger partial charge in [-0.15, -0.1) is 0 Å². The lowest BCUT2D eigenvalue weighted by molar-refractivity contribution is -0.146. The van der Waals surface area contributed by atoms with Gasteiger partial charge in [0.2, 0.25) is 0 Å². The van der Waals surface area contributed by atoms with E-state index in [2.05, 4.69) is 5.32 Å². The molecule has 0 fully saturated rings. The Balaban J connectivity index is 1.59. The SMILES string of the molecule is CSCC[C@H](NC(=O)c1ccc(Cl)cc1Cl)C(=O)OCCN1C(=O)c2ccccc2C1=O. The molecule has 0 radical (unpaired) electrons. The number of carbonyl (C=O) groups is 4. The second-order valence-electron chi connectivity index (χ2n) is 6.91. The maximum atomic E-state index is 12.6. The van der Waals surface area contributed by atoms with Crippen molar-refractivity contribution in [2.24, 2.45) is 0 Å². The van der Waals surface area contributed by atoms with Crippen molar-refractivity contribution in [3.8, 4) is 0 Å². The van der Waals surface area contributed by atoms with Crippen molar-refractivity contribution in [2.45, 2.75) is 12.5 Å². The summed E-state index contributed by atoms with van der Waals surface area (Å²) in [6.07, 6.45) is 2.21. The van der Waals surface area contributed by atoms with E-state index in [0.29, 0.717) is 28.3 Å². The van der Waals surface area contributed by atoms with Crippen LogP contribution >= 0.6 is 35.0 Å². The number of benzene rings is 2. The second-order valence-corrected chi connectivity index (χ2v) is 8.74. The number of hydrogen-bond donors (Lipinski definition) is 1. The van der Waals surface area contributed by atoms with E-state index in [-0.39, 0.29) is 23.7 Å². The van der Waals surface area contributed by atoms with Crippen LogP contribution < -0.4 is 5.32 Å². The zero-order valence-electron chi connectivity index (χ0n) is 17.1. The molecule has 0 aromatic heterocycles. The summed E-state index contributed by atoms with van der Waals surface area (Å²) < 4.78 is 5.28. The summed E-state index contributed by atoms with van der Waals surface area (Å²) >= 11 is 13.5. The molecule has 0 aliphatic carbocycles. The largest absolute Gasteiger partial charge is 0.462 e. The predicted molar refractivity (Wildman–Crippen MR) is 123 cm³/mol. The number of halogens is 2. The minimum Gasteiger partial charge on any atom is -0.462 e. The number of ether oxygens (including phenoxy) is 1. The lowest BCUT2D eigenvalue weighted by Crippen LogP contribution is -2.43. The number of fused-ring (bicyclic) bond motifs is 1. The standard InChI is InChI=1S/C22H20Cl2N2O5S/c1-32-11-8-18(25-19(27)16-7-6-13(23)12-17(16)24)22(30)31-10-9-26-20(28)14-4-2-3-5-15(14)21(26)29/h2-7,12,18H,8-11H2,1H3,(H,25,27)/t18-/m0/s1. The number of thioether (sulfide) groups is 1. The molecular weight excluding hydrogens is 475 g/mol. The molecule has 1 atom stereocenters. The highest BCUT2D eigenvalue weighted by Crippen LogP contribution is 2.23. The van der Waals surface area contributed by atoms with Gasteiger partial charge in [-0.3, -0.25) is 19.3 Å². The molecular formula is C22H20Cl2N2O5S. The van der Waals surface area contributed by atoms with Crippen molar-refractivity contribution in [1.29, 1.82) is 0 Å². The third-order valence-corrected chi connectivity index (χ3v) is 6.01. The Bertz CT molecular complexity index is 1030. The van der Waals surface area contributed by atoms with Gasteiger partial charge in [0, 0.05) is 5.02 Å². The highest BCUT2D eigenvalue weighted by molar-refractivity contribution is 7.98. The van der Waals surface area contributed by atoms with Gasteiger partial charge < -0.3 is 10.1 Å². The Labute approximate surface area is 199 Å². The van der Waals surface area contributed by atoms with Crippen LogP contribution in [0.5, 0.6) is 0 Å². The average molecular weight is 495 g/mol. The third kappa shape index (κ3) is 5.43. The van der Waals surface area contributed by atoms with Gasteiger partial charge in [-0.1, -0.05) is 35.3 Å². The zero-order valence-corrected chi connectivity index (χ0v) is 19.4. The van der Waals surface area contributed by atoms with E-state index < -0.39 is 29.7 Å². The Kier molecular flexibility index (Phi) is 8.17. The van der Waals surface area contributed by atoms with Crippen LogP contribution in [0.1, 0.15) is 37.5 Å². The minimum atomic E-state index is -0.913. The van der Waals surface area contributed by atoms with E-state index in [1.165, 1.54) is 30.0 Å². The number of esters is 1. The highest BCUT2D eigenvalue weighted by atomic mass is 35.5. The summed E-state index contributed by atoms with van der Waals surface area (Å²) in [6.45, 7) is -0.262. The summed E-state index contributed by atoms with van der Waals surface area (Å²) in [7, 11) is 0. The molecule has 2 aromatic rings. The van der Waals surface area contributed by atoms with Gasteiger partial charge >= 0.3 is 5.97 Å². The number of rotatable bonds is 9. The van der Waals surface area contributed by atoms with Crippen molar-refractivity contribution < 1.29 is 23.9 Å². The molecule has 0 bridgehead atoms. The van der Waals surface area contributed by atoms with E-state index >= 15 is 0 Å². The average Bonchev–Trinajstić information content (AvgIpc) is 3.01. The monoisotopic (exact) mass is 494 g/mol. The van der Waals surface area contributed by atoms with Crippen molar-refractivity contribution in [3.63, 3.8) is 0 Å². The smallest absolute Gasteiger partial charge is 0.328 e. The van der Waals surface area contributed by atoms with E-state index in [4.69, 9.17) is 27.9 Å². The number of imide groups is 1. The van der Waals surface area contributed by atoms with Crippen LogP contribution in [0.25, 0.3) is 0 Å². The lowest BCUT2D eigenvalue weighted by Gasteiger charge is -2.19. The topological polar surface area (TPSA) is 92.8 Å². The molecule has 7 nitrogen and oxygen atoms in total. The van der Waals surface area contributed by atoms with Crippen LogP contribution in [-0.2, 0) is 9.53 Å². The second kappa shape index (κ2) is 10.8. The van der Waals surface area contributed by atoms with E-state index in [1.807, 2.05) is 6.26 Å². The van der Waals surface area contributed by atoms with Crippen molar-refractivity contribution >= 4 is 58.7 Å². The molecule has 0 saturated heterocycles. The number of hydrogen-bond acceptors (Lipinski definition) is 6. The highest BCUT2D eigenvalue weighted by Gasteiger charge is 2.35. The molecule has 0 spiro atoms. The quantitative estimate of drug-likeness (QED) is 0.422. The molecule has 1 N–H and O–H groups in total. The Hall–Kier alpha value is -2.55. The molecule has 1 heterocycles. The Morgan fingerprint density at radius 3 is 2.34 bits per heavy atom. The molecule has 3 rings (SSSR count). The number of nitrogens with one attached hydrogen (secondary N) is 1. The molecule has 10 heteroatoms. The summed E-state index contributed by atoms with van der Waals surface area (Å²) in [5, 5.41) is 3.19.